The average Bonchev–Trinajstić information content (AvgIpc) is 2.26. The van der Waals surface area contributed by atoms with Crippen LogP contribution >= 0.6 is 11.6 Å². The molecular weight excluding hydrogens is 220 g/mol. The summed E-state index contributed by atoms with van der Waals surface area (Å²) in [6, 6.07) is 0. The van der Waals surface area contributed by atoms with E-state index in [1.54, 1.807) is 0 Å². The number of hydrazine groups is 1. The van der Waals surface area contributed by atoms with Gasteiger partial charge in [-0.15, -0.1) is 0 Å². The number of ether oxygens (including phenoxy) is 1. The number of nitrogens with one attached hydrogen (secondary N) is 2. The molecule has 0 saturated carbocycles. The van der Waals surface area contributed by atoms with Gasteiger partial charge in [0.25, 0.3) is 5.56 Å². The molecule has 1 aliphatic heterocycles. The van der Waals surface area contributed by atoms with Crippen LogP contribution < -0.4 is 11.0 Å². The summed E-state index contributed by atoms with van der Waals surface area (Å²) < 4.78 is 5.19. The molecule has 1 aromatic rings. The molecule has 6 nitrogen and oxygen atoms in total. The number of hydrogen-bond acceptors (Lipinski definition) is 5. The molecule has 0 amide bonds. The first-order valence-electron chi connectivity index (χ1n) is 4.60. The minimum Gasteiger partial charge on any atom is -0.379 e. The first-order valence-corrected chi connectivity index (χ1v) is 4.97. The molecule has 1 aromatic heterocycles. The Morgan fingerprint density at radius 1 is 1.53 bits per heavy atom. The van der Waals surface area contributed by atoms with E-state index < -0.39 is 0 Å². The van der Waals surface area contributed by atoms with Crippen LogP contribution in [0, 0.1) is 0 Å². The SMILES string of the molecule is O=c1[nH]cnc(NN2CCOCC2)c1Cl. The van der Waals surface area contributed by atoms with Crippen molar-refractivity contribution in [2.24, 2.45) is 0 Å². The van der Waals surface area contributed by atoms with Crippen LogP contribution in [0.4, 0.5) is 5.82 Å². The Kier molecular flexibility index (Phi) is 3.20. The highest BCUT2D eigenvalue weighted by Crippen LogP contribution is 2.13. The maximum atomic E-state index is 11.2. The number of hydrogen-bond donors (Lipinski definition) is 2. The van der Waals surface area contributed by atoms with Crippen LogP contribution in [0.5, 0.6) is 0 Å². The number of morpholine rings is 1. The minimum atomic E-state index is -0.345. The molecule has 15 heavy (non-hydrogen) atoms. The van der Waals surface area contributed by atoms with E-state index in [0.29, 0.717) is 19.0 Å². The number of nitrogens with zero attached hydrogens (tertiary/aromatic N) is 2. The lowest BCUT2D eigenvalue weighted by Crippen LogP contribution is -2.40. The predicted octanol–water partition coefficient (Wildman–Crippen LogP) is 0.0824. The van der Waals surface area contributed by atoms with Gasteiger partial charge in [-0.05, 0) is 0 Å². The quantitative estimate of drug-likeness (QED) is 0.753. The number of H-pyrrole nitrogens is 1. The zero-order valence-electron chi connectivity index (χ0n) is 7.99. The molecule has 2 N–H and O–H groups in total. The van der Waals surface area contributed by atoms with E-state index >= 15 is 0 Å². The summed E-state index contributed by atoms with van der Waals surface area (Å²) in [7, 11) is 0. The number of rotatable bonds is 2. The molecule has 0 aromatic carbocycles. The predicted molar refractivity (Wildman–Crippen MR) is 55.9 cm³/mol. The van der Waals surface area contributed by atoms with E-state index in [9.17, 15) is 4.79 Å². The molecule has 0 spiro atoms. The molecule has 2 rings (SSSR count). The van der Waals surface area contributed by atoms with E-state index in [2.05, 4.69) is 15.4 Å². The van der Waals surface area contributed by atoms with Crippen LogP contribution in [0.25, 0.3) is 0 Å². The molecular formula is C8H11ClN4O2. The van der Waals surface area contributed by atoms with Gasteiger partial charge in [0.05, 0.1) is 19.5 Å². The average molecular weight is 231 g/mol. The second-order valence-corrected chi connectivity index (χ2v) is 3.48. The lowest BCUT2D eigenvalue weighted by atomic mass is 10.5. The van der Waals surface area contributed by atoms with Gasteiger partial charge in [0.1, 0.15) is 5.02 Å². The van der Waals surface area contributed by atoms with Crippen molar-refractivity contribution in [3.8, 4) is 0 Å². The van der Waals surface area contributed by atoms with Crippen LogP contribution in [0.1, 0.15) is 0 Å². The van der Waals surface area contributed by atoms with Crippen LogP contribution in [0.3, 0.4) is 0 Å². The third kappa shape index (κ3) is 2.47. The molecule has 0 aliphatic carbocycles. The molecule has 2 heterocycles. The van der Waals surface area contributed by atoms with Gasteiger partial charge in [-0.3, -0.25) is 4.79 Å². The number of aromatic amines is 1. The molecule has 82 valence electrons. The van der Waals surface area contributed by atoms with Crippen LogP contribution in [0.2, 0.25) is 5.02 Å². The fourth-order valence-corrected chi connectivity index (χ4v) is 1.43. The van der Waals surface area contributed by atoms with E-state index in [4.69, 9.17) is 16.3 Å². The third-order valence-electron chi connectivity index (χ3n) is 2.07. The van der Waals surface area contributed by atoms with Crippen molar-refractivity contribution in [1.29, 1.82) is 0 Å². The molecule has 0 atom stereocenters. The van der Waals surface area contributed by atoms with Crippen molar-refractivity contribution in [2.75, 3.05) is 31.7 Å². The molecule has 0 bridgehead atoms. The Morgan fingerprint density at radius 2 is 2.27 bits per heavy atom. The third-order valence-corrected chi connectivity index (χ3v) is 2.42. The summed E-state index contributed by atoms with van der Waals surface area (Å²) in [6.45, 7) is 2.80. The monoisotopic (exact) mass is 230 g/mol. The second-order valence-electron chi connectivity index (χ2n) is 3.11. The fourth-order valence-electron chi connectivity index (χ4n) is 1.29. The van der Waals surface area contributed by atoms with Gasteiger partial charge < -0.3 is 15.1 Å². The van der Waals surface area contributed by atoms with Gasteiger partial charge in [0.15, 0.2) is 5.82 Å². The molecule has 1 aliphatic rings. The van der Waals surface area contributed by atoms with Crippen molar-refractivity contribution in [3.63, 3.8) is 0 Å². The van der Waals surface area contributed by atoms with Crippen molar-refractivity contribution in [3.05, 3.63) is 21.7 Å². The smallest absolute Gasteiger partial charge is 0.271 e. The maximum Gasteiger partial charge on any atom is 0.271 e. The maximum absolute atomic E-state index is 11.2. The highest BCUT2D eigenvalue weighted by molar-refractivity contribution is 6.32. The Hall–Kier alpha value is -1.11. The van der Waals surface area contributed by atoms with Crippen LogP contribution in [-0.2, 0) is 4.74 Å². The summed E-state index contributed by atoms with van der Waals surface area (Å²) in [5.74, 6) is 0.377. The zero-order chi connectivity index (χ0) is 10.7. The van der Waals surface area contributed by atoms with E-state index in [0.717, 1.165) is 13.1 Å². The molecule has 0 radical (unpaired) electrons. The van der Waals surface area contributed by atoms with Crippen LogP contribution in [-0.4, -0.2) is 41.3 Å². The number of aromatic nitrogens is 2. The number of anilines is 1. The standard InChI is InChI=1S/C8H11ClN4O2/c9-6-7(10-5-11-8(6)14)12-13-1-3-15-4-2-13/h5H,1-4H2,(H2,10,11,12,14). The van der Waals surface area contributed by atoms with Gasteiger partial charge in [-0.2, -0.15) is 0 Å². The van der Waals surface area contributed by atoms with Crippen LogP contribution in [0.15, 0.2) is 11.1 Å². The van der Waals surface area contributed by atoms with E-state index in [-0.39, 0.29) is 10.6 Å². The summed E-state index contributed by atoms with van der Waals surface area (Å²) in [4.78, 5) is 17.5. The van der Waals surface area contributed by atoms with Gasteiger partial charge >= 0.3 is 0 Å². The zero-order valence-corrected chi connectivity index (χ0v) is 8.75. The first kappa shape index (κ1) is 10.4. The molecule has 7 heteroatoms. The Labute approximate surface area is 91.2 Å². The largest absolute Gasteiger partial charge is 0.379 e. The van der Waals surface area contributed by atoms with Gasteiger partial charge in [-0.1, -0.05) is 11.6 Å². The second kappa shape index (κ2) is 4.61. The highest BCUT2D eigenvalue weighted by Gasteiger charge is 2.13. The Morgan fingerprint density at radius 3 is 3.00 bits per heavy atom. The summed E-state index contributed by atoms with van der Waals surface area (Å²) in [5, 5.41) is 1.99. The molecule has 1 fully saturated rings. The van der Waals surface area contributed by atoms with E-state index in [1.165, 1.54) is 6.33 Å². The van der Waals surface area contributed by atoms with Gasteiger partial charge in [-0.25, -0.2) is 9.99 Å². The fraction of sp³-hybridized carbons (Fsp3) is 0.500. The Balaban J connectivity index is 2.09. The normalized spacial score (nSPS) is 17.7. The first-order chi connectivity index (χ1) is 7.27. The Bertz CT molecular complexity index is 388. The lowest BCUT2D eigenvalue weighted by Gasteiger charge is -2.27. The van der Waals surface area contributed by atoms with Gasteiger partial charge in [0.2, 0.25) is 0 Å². The summed E-state index contributed by atoms with van der Waals surface area (Å²) >= 11 is 5.79. The van der Waals surface area contributed by atoms with E-state index in [1.807, 2.05) is 5.01 Å². The summed E-state index contributed by atoms with van der Waals surface area (Å²) in [5.41, 5.74) is 2.64. The number of halogens is 1. The van der Waals surface area contributed by atoms with Gasteiger partial charge in [0, 0.05) is 13.1 Å². The van der Waals surface area contributed by atoms with Crippen molar-refractivity contribution in [1.82, 2.24) is 15.0 Å². The molecule has 0 unspecified atom stereocenters. The van der Waals surface area contributed by atoms with Crippen molar-refractivity contribution < 1.29 is 4.74 Å². The molecule has 1 saturated heterocycles. The minimum absolute atomic E-state index is 0.0731. The van der Waals surface area contributed by atoms with Crippen molar-refractivity contribution >= 4 is 17.4 Å². The highest BCUT2D eigenvalue weighted by atomic mass is 35.5. The topological polar surface area (TPSA) is 70.2 Å². The summed E-state index contributed by atoms with van der Waals surface area (Å²) in [6.07, 6.45) is 1.32. The lowest BCUT2D eigenvalue weighted by molar-refractivity contribution is 0.0495. The van der Waals surface area contributed by atoms with Crippen molar-refractivity contribution in [2.45, 2.75) is 0 Å².